The molecule has 0 bridgehead atoms. The van der Waals surface area contributed by atoms with E-state index >= 15 is 0 Å². The topological polar surface area (TPSA) is 90.9 Å². The lowest BCUT2D eigenvalue weighted by atomic mass is 10.1. The smallest absolute Gasteiger partial charge is 0.216 e. The van der Waals surface area contributed by atoms with Crippen molar-refractivity contribution in [2.75, 3.05) is 7.11 Å². The van der Waals surface area contributed by atoms with Gasteiger partial charge in [-0.25, -0.2) is 9.97 Å². The molecule has 0 saturated carbocycles. The second-order valence-electron chi connectivity index (χ2n) is 4.70. The summed E-state index contributed by atoms with van der Waals surface area (Å²) in [4.78, 5) is 8.29. The summed E-state index contributed by atoms with van der Waals surface area (Å²) < 4.78 is 7.13. The van der Waals surface area contributed by atoms with E-state index in [-0.39, 0.29) is 6.04 Å². The molecule has 114 valence electrons. The first-order chi connectivity index (χ1) is 10.2. The molecule has 0 radical (unpaired) electrons. The van der Waals surface area contributed by atoms with Crippen LogP contribution in [-0.4, -0.2) is 26.9 Å². The largest absolute Gasteiger partial charge is 0.481 e. The maximum atomic E-state index is 5.69. The van der Waals surface area contributed by atoms with E-state index in [1.807, 2.05) is 4.68 Å². The van der Waals surface area contributed by atoms with Crippen molar-refractivity contribution in [3.8, 4) is 5.88 Å². The van der Waals surface area contributed by atoms with E-state index in [1.54, 1.807) is 13.2 Å². The molecule has 7 heteroatoms. The van der Waals surface area contributed by atoms with Gasteiger partial charge in [0.25, 0.3) is 0 Å². The highest BCUT2D eigenvalue weighted by Gasteiger charge is 2.16. The molecule has 0 aliphatic heterocycles. The average molecular weight is 290 g/mol. The van der Waals surface area contributed by atoms with Gasteiger partial charge >= 0.3 is 0 Å². The molecule has 0 saturated heterocycles. The van der Waals surface area contributed by atoms with Gasteiger partial charge in [-0.15, -0.1) is 0 Å². The molecule has 0 aliphatic carbocycles. The minimum atomic E-state index is -0.117. The monoisotopic (exact) mass is 290 g/mol. The highest BCUT2D eigenvalue weighted by molar-refractivity contribution is 5.20. The Morgan fingerprint density at radius 1 is 1.33 bits per heavy atom. The van der Waals surface area contributed by atoms with Crippen LogP contribution in [0.1, 0.15) is 37.0 Å². The number of hydrogen-bond donors (Lipinski definition) is 2. The second-order valence-corrected chi connectivity index (χ2v) is 4.70. The van der Waals surface area contributed by atoms with E-state index in [0.29, 0.717) is 12.3 Å². The van der Waals surface area contributed by atoms with Gasteiger partial charge in [-0.05, 0) is 19.4 Å². The van der Waals surface area contributed by atoms with E-state index in [2.05, 4.69) is 40.4 Å². The molecule has 2 aromatic rings. The lowest BCUT2D eigenvalue weighted by Gasteiger charge is -2.16. The zero-order chi connectivity index (χ0) is 15.2. The summed E-state index contributed by atoms with van der Waals surface area (Å²) in [7, 11) is 1.58. The lowest BCUT2D eigenvalue weighted by Crippen LogP contribution is -2.31. The number of aromatic nitrogens is 4. The standard InChI is InChI=1S/C14H22N6O/c1-4-10-6-11(20(5-2)19-10)7-13(18-15)12-8-14(21-3)17-9-16-12/h6,8-9,13,18H,4-5,7,15H2,1-3H3. The Morgan fingerprint density at radius 2 is 2.14 bits per heavy atom. The maximum absolute atomic E-state index is 5.69. The van der Waals surface area contributed by atoms with Gasteiger partial charge in [0.1, 0.15) is 6.33 Å². The Balaban J connectivity index is 2.24. The maximum Gasteiger partial charge on any atom is 0.216 e. The highest BCUT2D eigenvalue weighted by atomic mass is 16.5. The highest BCUT2D eigenvalue weighted by Crippen LogP contribution is 2.19. The fraction of sp³-hybridized carbons (Fsp3) is 0.500. The number of hydrazine groups is 1. The summed E-state index contributed by atoms with van der Waals surface area (Å²) >= 11 is 0. The molecule has 2 rings (SSSR count). The first kappa shape index (κ1) is 15.4. The number of ether oxygens (including phenoxy) is 1. The van der Waals surface area contributed by atoms with Crippen molar-refractivity contribution in [3.05, 3.63) is 35.5 Å². The van der Waals surface area contributed by atoms with Crippen molar-refractivity contribution in [3.63, 3.8) is 0 Å². The van der Waals surface area contributed by atoms with Crippen LogP contribution in [-0.2, 0) is 19.4 Å². The van der Waals surface area contributed by atoms with Crippen LogP contribution in [0.25, 0.3) is 0 Å². The Kier molecular flexibility index (Phi) is 5.24. The Morgan fingerprint density at radius 3 is 2.76 bits per heavy atom. The van der Waals surface area contributed by atoms with Crippen LogP contribution >= 0.6 is 0 Å². The number of nitrogens with zero attached hydrogens (tertiary/aromatic N) is 4. The number of nitrogens with two attached hydrogens (primary N) is 1. The average Bonchev–Trinajstić information content (AvgIpc) is 2.94. The summed E-state index contributed by atoms with van der Waals surface area (Å²) in [6, 6.07) is 3.79. The first-order valence-corrected chi connectivity index (χ1v) is 7.09. The van der Waals surface area contributed by atoms with Crippen LogP contribution in [0.5, 0.6) is 5.88 Å². The zero-order valence-corrected chi connectivity index (χ0v) is 12.7. The summed E-state index contributed by atoms with van der Waals surface area (Å²) in [5.74, 6) is 6.22. The predicted octanol–water partition coefficient (Wildman–Crippen LogP) is 1.01. The molecule has 0 aliphatic rings. The lowest BCUT2D eigenvalue weighted by molar-refractivity contribution is 0.393. The van der Waals surface area contributed by atoms with E-state index in [4.69, 9.17) is 10.6 Å². The molecule has 3 N–H and O–H groups in total. The van der Waals surface area contributed by atoms with Crippen molar-refractivity contribution in [2.45, 2.75) is 39.3 Å². The fourth-order valence-corrected chi connectivity index (χ4v) is 2.24. The third-order valence-corrected chi connectivity index (χ3v) is 3.42. The SMILES string of the molecule is CCc1cc(CC(NN)c2cc(OC)ncn2)n(CC)n1. The van der Waals surface area contributed by atoms with Gasteiger partial charge in [-0.1, -0.05) is 6.92 Å². The molecule has 0 fully saturated rings. The molecule has 1 unspecified atom stereocenters. The molecule has 0 amide bonds. The molecule has 21 heavy (non-hydrogen) atoms. The molecule has 2 aromatic heterocycles. The van der Waals surface area contributed by atoms with E-state index in [9.17, 15) is 0 Å². The number of methoxy groups -OCH3 is 1. The third-order valence-electron chi connectivity index (χ3n) is 3.42. The van der Waals surface area contributed by atoms with Crippen LogP contribution in [0, 0.1) is 0 Å². The number of nitrogens with one attached hydrogen (secondary N) is 1. The minimum Gasteiger partial charge on any atom is -0.481 e. The van der Waals surface area contributed by atoms with Gasteiger partial charge in [0.15, 0.2) is 0 Å². The minimum absolute atomic E-state index is 0.117. The van der Waals surface area contributed by atoms with Crippen LogP contribution in [0.3, 0.4) is 0 Å². The van der Waals surface area contributed by atoms with Gasteiger partial charge in [0, 0.05) is 24.7 Å². The molecule has 1 atom stereocenters. The van der Waals surface area contributed by atoms with Crippen molar-refractivity contribution >= 4 is 0 Å². The molecule has 2 heterocycles. The molecular formula is C14H22N6O. The number of aryl methyl sites for hydroxylation is 2. The summed E-state index contributed by atoms with van der Waals surface area (Å²) in [6.07, 6.45) is 3.10. The number of rotatable bonds is 7. The Hall–Kier alpha value is -1.99. The van der Waals surface area contributed by atoms with E-state index in [1.165, 1.54) is 6.33 Å². The first-order valence-electron chi connectivity index (χ1n) is 7.09. The van der Waals surface area contributed by atoms with Gasteiger partial charge in [-0.3, -0.25) is 16.0 Å². The molecule has 0 aromatic carbocycles. The summed E-state index contributed by atoms with van der Waals surface area (Å²) in [5, 5.41) is 4.55. The van der Waals surface area contributed by atoms with E-state index in [0.717, 1.165) is 30.0 Å². The van der Waals surface area contributed by atoms with E-state index < -0.39 is 0 Å². The van der Waals surface area contributed by atoms with Crippen molar-refractivity contribution in [1.29, 1.82) is 0 Å². The summed E-state index contributed by atoms with van der Waals surface area (Å²) in [5.41, 5.74) is 5.83. The second kappa shape index (κ2) is 7.14. The molecule has 0 spiro atoms. The normalized spacial score (nSPS) is 12.4. The van der Waals surface area contributed by atoms with Crippen molar-refractivity contribution in [1.82, 2.24) is 25.2 Å². The summed E-state index contributed by atoms with van der Waals surface area (Å²) in [6.45, 7) is 5.01. The zero-order valence-electron chi connectivity index (χ0n) is 12.7. The number of hydrogen-bond acceptors (Lipinski definition) is 6. The Labute approximate surface area is 124 Å². The Bertz CT molecular complexity index is 583. The van der Waals surface area contributed by atoms with Crippen LogP contribution in [0.4, 0.5) is 0 Å². The quantitative estimate of drug-likeness (QED) is 0.584. The van der Waals surface area contributed by atoms with Gasteiger partial charge in [0.2, 0.25) is 5.88 Å². The van der Waals surface area contributed by atoms with Crippen molar-refractivity contribution in [2.24, 2.45) is 5.84 Å². The predicted molar refractivity (Wildman–Crippen MR) is 79.6 cm³/mol. The fourth-order valence-electron chi connectivity index (χ4n) is 2.24. The molecule has 7 nitrogen and oxygen atoms in total. The third kappa shape index (κ3) is 3.56. The van der Waals surface area contributed by atoms with Crippen LogP contribution in [0.15, 0.2) is 18.5 Å². The van der Waals surface area contributed by atoms with Crippen molar-refractivity contribution < 1.29 is 4.74 Å². The molecular weight excluding hydrogens is 268 g/mol. The van der Waals surface area contributed by atoms with Gasteiger partial charge < -0.3 is 4.74 Å². The van der Waals surface area contributed by atoms with Gasteiger partial charge in [-0.2, -0.15) is 5.10 Å². The van der Waals surface area contributed by atoms with Gasteiger partial charge in [0.05, 0.1) is 24.5 Å². The van der Waals surface area contributed by atoms with Crippen LogP contribution < -0.4 is 16.0 Å². The van der Waals surface area contributed by atoms with Crippen LogP contribution in [0.2, 0.25) is 0 Å².